The van der Waals surface area contributed by atoms with Gasteiger partial charge in [0.2, 0.25) is 0 Å². The predicted molar refractivity (Wildman–Crippen MR) is 68.8 cm³/mol. The van der Waals surface area contributed by atoms with Crippen LogP contribution in [-0.4, -0.2) is 34.6 Å². The molecule has 0 heterocycles. The van der Waals surface area contributed by atoms with E-state index in [-0.39, 0.29) is 5.56 Å². The molecule has 20 heavy (non-hydrogen) atoms. The number of hydrogen-bond donors (Lipinski definition) is 2. The van der Waals surface area contributed by atoms with Crippen LogP contribution in [0.2, 0.25) is 0 Å². The quantitative estimate of drug-likeness (QED) is 0.597. The Morgan fingerprint density at radius 1 is 1.50 bits per heavy atom. The Hall–Kier alpha value is -2.64. The molecular formula is C12H14N2O6. The SMILES string of the molecule is CCOc1ccc([N+](=O)[O-])c(C(=O)N[C@H](C)C(=O)O)c1. The van der Waals surface area contributed by atoms with Gasteiger partial charge in [-0.05, 0) is 26.0 Å². The molecule has 8 nitrogen and oxygen atoms in total. The van der Waals surface area contributed by atoms with Gasteiger partial charge < -0.3 is 15.2 Å². The molecule has 0 saturated heterocycles. The largest absolute Gasteiger partial charge is 0.494 e. The highest BCUT2D eigenvalue weighted by Crippen LogP contribution is 2.24. The fraction of sp³-hybridized carbons (Fsp3) is 0.333. The van der Waals surface area contributed by atoms with E-state index in [1.165, 1.54) is 19.1 Å². The van der Waals surface area contributed by atoms with Crippen LogP contribution in [0.5, 0.6) is 5.75 Å². The molecule has 8 heteroatoms. The minimum Gasteiger partial charge on any atom is -0.494 e. The Morgan fingerprint density at radius 2 is 2.15 bits per heavy atom. The van der Waals surface area contributed by atoms with Crippen molar-refractivity contribution in [1.82, 2.24) is 5.32 Å². The van der Waals surface area contributed by atoms with Gasteiger partial charge >= 0.3 is 5.97 Å². The monoisotopic (exact) mass is 282 g/mol. The second-order valence-corrected chi connectivity index (χ2v) is 3.90. The first-order valence-electron chi connectivity index (χ1n) is 5.81. The number of nitro groups is 1. The highest BCUT2D eigenvalue weighted by Gasteiger charge is 2.23. The van der Waals surface area contributed by atoms with Crippen molar-refractivity contribution in [3.8, 4) is 5.75 Å². The first-order valence-corrected chi connectivity index (χ1v) is 5.81. The standard InChI is InChI=1S/C12H14N2O6/c1-3-20-8-4-5-10(14(18)19)9(6-8)11(15)13-7(2)12(16)17/h4-7H,3H2,1-2H3,(H,13,15)(H,16,17)/t7-/m1/s1. The van der Waals surface area contributed by atoms with Crippen LogP contribution in [0.1, 0.15) is 24.2 Å². The molecule has 0 bridgehead atoms. The summed E-state index contributed by atoms with van der Waals surface area (Å²) in [5.74, 6) is -1.78. The Balaban J connectivity index is 3.11. The number of benzene rings is 1. The van der Waals surface area contributed by atoms with Gasteiger partial charge in [0.15, 0.2) is 0 Å². The predicted octanol–water partition coefficient (Wildman–Crippen LogP) is 1.20. The molecule has 0 saturated carbocycles. The first kappa shape index (κ1) is 15.4. The normalized spacial score (nSPS) is 11.5. The number of carbonyl (C=O) groups is 2. The topological polar surface area (TPSA) is 119 Å². The van der Waals surface area contributed by atoms with Crippen molar-refractivity contribution >= 4 is 17.6 Å². The van der Waals surface area contributed by atoms with Crippen molar-refractivity contribution in [1.29, 1.82) is 0 Å². The summed E-state index contributed by atoms with van der Waals surface area (Å²) in [6.45, 7) is 3.33. The number of nitro benzene ring substituents is 1. The molecule has 1 atom stereocenters. The van der Waals surface area contributed by atoms with Gasteiger partial charge in [-0.2, -0.15) is 0 Å². The number of amides is 1. The highest BCUT2D eigenvalue weighted by molar-refractivity contribution is 6.00. The fourth-order valence-electron chi connectivity index (χ4n) is 1.45. The minimum absolute atomic E-state index is 0.242. The second-order valence-electron chi connectivity index (χ2n) is 3.90. The summed E-state index contributed by atoms with van der Waals surface area (Å²) in [7, 11) is 0. The van der Waals surface area contributed by atoms with E-state index in [9.17, 15) is 19.7 Å². The van der Waals surface area contributed by atoms with E-state index >= 15 is 0 Å². The molecule has 1 amide bonds. The number of carbonyl (C=O) groups excluding carboxylic acids is 1. The Kier molecular flexibility index (Phi) is 5.01. The third-order valence-electron chi connectivity index (χ3n) is 2.44. The third kappa shape index (κ3) is 3.67. The molecule has 0 aliphatic carbocycles. The van der Waals surface area contributed by atoms with E-state index in [0.29, 0.717) is 12.4 Å². The zero-order valence-electron chi connectivity index (χ0n) is 11.0. The average molecular weight is 282 g/mol. The lowest BCUT2D eigenvalue weighted by Gasteiger charge is -2.10. The molecule has 2 N–H and O–H groups in total. The van der Waals surface area contributed by atoms with Crippen molar-refractivity contribution in [2.75, 3.05) is 6.61 Å². The molecule has 1 aromatic rings. The van der Waals surface area contributed by atoms with Gasteiger partial charge in [-0.3, -0.25) is 19.7 Å². The summed E-state index contributed by atoms with van der Waals surface area (Å²) in [6.07, 6.45) is 0. The third-order valence-corrected chi connectivity index (χ3v) is 2.44. The maximum absolute atomic E-state index is 11.9. The van der Waals surface area contributed by atoms with E-state index in [1.54, 1.807) is 6.92 Å². The minimum atomic E-state index is -1.23. The van der Waals surface area contributed by atoms with Crippen LogP contribution in [0, 0.1) is 10.1 Å². The van der Waals surface area contributed by atoms with Gasteiger partial charge in [-0.15, -0.1) is 0 Å². The van der Waals surface area contributed by atoms with E-state index in [0.717, 1.165) is 6.07 Å². The van der Waals surface area contributed by atoms with Crippen LogP contribution < -0.4 is 10.1 Å². The lowest BCUT2D eigenvalue weighted by molar-refractivity contribution is -0.385. The summed E-state index contributed by atoms with van der Waals surface area (Å²) >= 11 is 0. The van der Waals surface area contributed by atoms with Crippen molar-refractivity contribution in [2.45, 2.75) is 19.9 Å². The fourth-order valence-corrected chi connectivity index (χ4v) is 1.45. The van der Waals surface area contributed by atoms with Crippen molar-refractivity contribution in [3.63, 3.8) is 0 Å². The number of nitrogens with one attached hydrogen (secondary N) is 1. The van der Waals surface area contributed by atoms with Crippen LogP contribution in [0.3, 0.4) is 0 Å². The number of ether oxygens (including phenoxy) is 1. The summed E-state index contributed by atoms with van der Waals surface area (Å²) in [6, 6.07) is 2.58. The summed E-state index contributed by atoms with van der Waals surface area (Å²) < 4.78 is 5.16. The average Bonchev–Trinajstić information content (AvgIpc) is 2.38. The summed E-state index contributed by atoms with van der Waals surface area (Å²) in [5, 5.41) is 21.8. The Morgan fingerprint density at radius 3 is 2.65 bits per heavy atom. The number of aliphatic carboxylic acids is 1. The van der Waals surface area contributed by atoms with Crippen LogP contribution in [0.25, 0.3) is 0 Å². The molecule has 1 aromatic carbocycles. The van der Waals surface area contributed by atoms with Gasteiger partial charge in [-0.1, -0.05) is 0 Å². The van der Waals surface area contributed by atoms with E-state index in [1.807, 2.05) is 0 Å². The van der Waals surface area contributed by atoms with Crippen LogP contribution >= 0.6 is 0 Å². The van der Waals surface area contributed by atoms with E-state index in [4.69, 9.17) is 9.84 Å². The summed E-state index contributed by atoms with van der Waals surface area (Å²) in [4.78, 5) is 32.8. The molecule has 0 radical (unpaired) electrons. The van der Waals surface area contributed by atoms with E-state index in [2.05, 4.69) is 5.32 Å². The number of carboxylic acids is 1. The molecule has 0 spiro atoms. The summed E-state index contributed by atoms with van der Waals surface area (Å²) in [5.41, 5.74) is -0.655. The number of nitrogens with zero attached hydrogens (tertiary/aromatic N) is 1. The highest BCUT2D eigenvalue weighted by atomic mass is 16.6. The van der Waals surface area contributed by atoms with Crippen LogP contribution in [0.15, 0.2) is 18.2 Å². The maximum atomic E-state index is 11.9. The Bertz CT molecular complexity index is 543. The van der Waals surface area contributed by atoms with Crippen LogP contribution in [0.4, 0.5) is 5.69 Å². The Labute approximate surface area is 114 Å². The second kappa shape index (κ2) is 6.50. The van der Waals surface area contributed by atoms with Crippen LogP contribution in [-0.2, 0) is 4.79 Å². The molecule has 0 aliphatic heterocycles. The first-order chi connectivity index (χ1) is 9.36. The lowest BCUT2D eigenvalue weighted by atomic mass is 10.1. The van der Waals surface area contributed by atoms with Gasteiger partial charge in [0, 0.05) is 6.07 Å². The lowest BCUT2D eigenvalue weighted by Crippen LogP contribution is -2.38. The molecule has 108 valence electrons. The van der Waals surface area contributed by atoms with Gasteiger partial charge in [0.25, 0.3) is 11.6 Å². The van der Waals surface area contributed by atoms with Gasteiger partial charge in [0.1, 0.15) is 17.4 Å². The zero-order chi connectivity index (χ0) is 15.3. The van der Waals surface area contributed by atoms with Crippen molar-refractivity contribution in [3.05, 3.63) is 33.9 Å². The molecule has 0 aromatic heterocycles. The number of rotatable bonds is 6. The molecule has 0 fully saturated rings. The van der Waals surface area contributed by atoms with Crippen molar-refractivity contribution in [2.24, 2.45) is 0 Å². The number of hydrogen-bond acceptors (Lipinski definition) is 5. The molecule has 0 aliphatic rings. The van der Waals surface area contributed by atoms with Gasteiger partial charge in [0.05, 0.1) is 11.5 Å². The molecule has 0 unspecified atom stereocenters. The molecular weight excluding hydrogens is 268 g/mol. The van der Waals surface area contributed by atoms with E-state index < -0.39 is 28.5 Å². The molecule has 1 rings (SSSR count). The zero-order valence-corrected chi connectivity index (χ0v) is 11.0. The van der Waals surface area contributed by atoms with Gasteiger partial charge in [-0.25, -0.2) is 0 Å². The van der Waals surface area contributed by atoms with Crippen molar-refractivity contribution < 1.29 is 24.4 Å². The number of carboxylic acid groups (broad SMARTS) is 1. The smallest absolute Gasteiger partial charge is 0.325 e. The maximum Gasteiger partial charge on any atom is 0.325 e.